The second-order valence-electron chi connectivity index (χ2n) is 4.69. The molecule has 4 nitrogen and oxygen atoms in total. The van der Waals surface area contributed by atoms with Crippen LogP contribution in [0.1, 0.15) is 31.2 Å². The normalized spacial score (nSPS) is 13.8. The molecule has 0 aromatic heterocycles. The van der Waals surface area contributed by atoms with Gasteiger partial charge in [-0.1, -0.05) is 12.1 Å². The zero-order valence-corrected chi connectivity index (χ0v) is 11.5. The van der Waals surface area contributed by atoms with Gasteiger partial charge in [0, 0.05) is 12.8 Å². The highest BCUT2D eigenvalue weighted by molar-refractivity contribution is 5.48. The van der Waals surface area contributed by atoms with E-state index in [1.807, 2.05) is 24.3 Å². The Morgan fingerprint density at radius 1 is 1.05 bits per heavy atom. The first kappa shape index (κ1) is 14.4. The minimum atomic E-state index is -0.209. The van der Waals surface area contributed by atoms with Gasteiger partial charge in [-0.3, -0.25) is 0 Å². The highest BCUT2D eigenvalue weighted by Crippen LogP contribution is 2.17. The molecule has 0 amide bonds. The first-order valence-corrected chi connectivity index (χ1v) is 7.00. The third-order valence-corrected chi connectivity index (χ3v) is 3.08. The molecule has 0 spiro atoms. The molecular weight excluding hydrogens is 256 g/mol. The Hall–Kier alpha value is -1.97. The minimum absolute atomic E-state index is 0.209. The summed E-state index contributed by atoms with van der Waals surface area (Å²) in [5, 5.41) is 0. The van der Waals surface area contributed by atoms with Crippen molar-refractivity contribution < 1.29 is 19.0 Å². The lowest BCUT2D eigenvalue weighted by atomic mass is 10.1. The lowest BCUT2D eigenvalue weighted by molar-refractivity contribution is -0.107. The first-order chi connectivity index (χ1) is 9.88. The topological polar surface area (TPSA) is 44.8 Å². The maximum atomic E-state index is 10.2. The Kier molecular flexibility index (Phi) is 5.96. The Morgan fingerprint density at radius 3 is 2.50 bits per heavy atom. The van der Waals surface area contributed by atoms with Gasteiger partial charge in [0.25, 0.3) is 0 Å². The van der Waals surface area contributed by atoms with E-state index in [-0.39, 0.29) is 6.29 Å². The van der Waals surface area contributed by atoms with E-state index in [2.05, 4.69) is 0 Å². The Labute approximate surface area is 119 Å². The molecule has 1 aromatic rings. The molecule has 0 unspecified atom stereocenters. The quantitative estimate of drug-likeness (QED) is 0.513. The van der Waals surface area contributed by atoms with Crippen LogP contribution in [0.25, 0.3) is 0 Å². The molecule has 1 aliphatic heterocycles. The van der Waals surface area contributed by atoms with Gasteiger partial charge in [0.1, 0.15) is 24.6 Å². The summed E-state index contributed by atoms with van der Waals surface area (Å²) in [5.41, 5.74) is 1.15. The van der Waals surface area contributed by atoms with Gasteiger partial charge in [0.2, 0.25) is 6.29 Å². The van der Waals surface area contributed by atoms with E-state index in [1.54, 1.807) is 12.5 Å². The van der Waals surface area contributed by atoms with Crippen molar-refractivity contribution in [1.29, 1.82) is 0 Å². The molecule has 20 heavy (non-hydrogen) atoms. The van der Waals surface area contributed by atoms with Crippen LogP contribution in [0, 0.1) is 0 Å². The average Bonchev–Trinajstić information content (AvgIpc) is 2.97. The molecule has 2 rings (SSSR count). The molecule has 108 valence electrons. The number of hydrogen-bond donors (Lipinski definition) is 0. The first-order valence-electron chi connectivity index (χ1n) is 7.00. The molecule has 4 heteroatoms. The van der Waals surface area contributed by atoms with Crippen LogP contribution >= 0.6 is 0 Å². The molecular formula is C16H20O4. The van der Waals surface area contributed by atoms with Gasteiger partial charge in [-0.25, -0.2) is 0 Å². The van der Waals surface area contributed by atoms with Crippen LogP contribution in [0.4, 0.5) is 0 Å². The van der Waals surface area contributed by atoms with Crippen molar-refractivity contribution in [2.75, 3.05) is 6.61 Å². The smallest absolute Gasteiger partial charge is 0.243 e. The van der Waals surface area contributed by atoms with Gasteiger partial charge in [0.05, 0.1) is 6.61 Å². The summed E-state index contributed by atoms with van der Waals surface area (Å²) in [5.74, 6) is 0.871. The molecule has 1 aliphatic rings. The molecule has 0 saturated heterocycles. The fourth-order valence-electron chi connectivity index (χ4n) is 1.98. The van der Waals surface area contributed by atoms with Crippen molar-refractivity contribution >= 4 is 6.29 Å². The highest BCUT2D eigenvalue weighted by atomic mass is 16.7. The lowest BCUT2D eigenvalue weighted by Crippen LogP contribution is -2.10. The number of unbranched alkanes of at least 4 members (excludes halogenated alkanes) is 3. The highest BCUT2D eigenvalue weighted by Gasteiger charge is 2.12. The lowest BCUT2D eigenvalue weighted by Gasteiger charge is -2.11. The molecule has 0 N–H and O–H groups in total. The number of rotatable bonds is 9. The predicted octanol–water partition coefficient (Wildman–Crippen LogP) is 3.21. The molecule has 1 aromatic carbocycles. The number of hydrogen-bond acceptors (Lipinski definition) is 4. The summed E-state index contributed by atoms with van der Waals surface area (Å²) in [6, 6.07) is 7.96. The monoisotopic (exact) mass is 276 g/mol. The van der Waals surface area contributed by atoms with Crippen LogP contribution in [0.3, 0.4) is 0 Å². The van der Waals surface area contributed by atoms with Crippen LogP contribution in [0.5, 0.6) is 5.75 Å². The third-order valence-electron chi connectivity index (χ3n) is 3.08. The van der Waals surface area contributed by atoms with E-state index < -0.39 is 0 Å². The second kappa shape index (κ2) is 8.25. The fraction of sp³-hybridized carbons (Fsp3) is 0.438. The van der Waals surface area contributed by atoms with Crippen molar-refractivity contribution in [1.82, 2.24) is 0 Å². The van der Waals surface area contributed by atoms with Crippen LogP contribution < -0.4 is 4.74 Å². The third kappa shape index (κ3) is 4.96. The van der Waals surface area contributed by atoms with Crippen molar-refractivity contribution in [2.45, 2.75) is 38.4 Å². The van der Waals surface area contributed by atoms with Crippen molar-refractivity contribution in [3.63, 3.8) is 0 Å². The van der Waals surface area contributed by atoms with Crippen LogP contribution in [-0.4, -0.2) is 19.2 Å². The second-order valence-corrected chi connectivity index (χ2v) is 4.69. The van der Waals surface area contributed by atoms with Crippen molar-refractivity contribution in [3.05, 3.63) is 42.4 Å². The molecule has 0 saturated carbocycles. The molecule has 1 heterocycles. The number of ether oxygens (including phenoxy) is 3. The molecule has 0 aliphatic carbocycles. The van der Waals surface area contributed by atoms with E-state index in [0.717, 1.165) is 43.3 Å². The summed E-state index contributed by atoms with van der Waals surface area (Å²) >= 11 is 0. The van der Waals surface area contributed by atoms with Gasteiger partial charge in [0.15, 0.2) is 0 Å². The minimum Gasteiger partial charge on any atom is -0.494 e. The molecule has 0 bridgehead atoms. The molecule has 0 fully saturated rings. The number of aldehydes is 1. The van der Waals surface area contributed by atoms with Gasteiger partial charge in [-0.2, -0.15) is 0 Å². The summed E-state index contributed by atoms with van der Waals surface area (Å²) in [7, 11) is 0. The van der Waals surface area contributed by atoms with Gasteiger partial charge in [-0.15, -0.1) is 0 Å². The predicted molar refractivity (Wildman–Crippen MR) is 75.3 cm³/mol. The maximum absolute atomic E-state index is 10.2. The maximum Gasteiger partial charge on any atom is 0.243 e. The fourth-order valence-corrected chi connectivity index (χ4v) is 1.98. The van der Waals surface area contributed by atoms with Crippen LogP contribution in [0.2, 0.25) is 0 Å². The van der Waals surface area contributed by atoms with Crippen LogP contribution in [0.15, 0.2) is 36.8 Å². The van der Waals surface area contributed by atoms with Crippen molar-refractivity contribution in [3.8, 4) is 5.75 Å². The molecule has 0 radical (unpaired) electrons. The Balaban J connectivity index is 1.64. The average molecular weight is 276 g/mol. The number of carbonyl (C=O) groups is 1. The summed E-state index contributed by atoms with van der Waals surface area (Å²) in [6.45, 7) is 0.691. The van der Waals surface area contributed by atoms with E-state index in [1.165, 1.54) is 0 Å². The van der Waals surface area contributed by atoms with Crippen LogP contribution in [-0.2, 0) is 20.7 Å². The number of carbonyl (C=O) groups excluding carboxylic acids is 1. The van der Waals surface area contributed by atoms with Gasteiger partial charge >= 0.3 is 0 Å². The number of benzene rings is 1. The zero-order valence-electron chi connectivity index (χ0n) is 11.5. The molecule has 0 atom stereocenters. The Bertz CT molecular complexity index is 417. The van der Waals surface area contributed by atoms with E-state index >= 15 is 0 Å². The summed E-state index contributed by atoms with van der Waals surface area (Å²) in [6.07, 6.45) is 8.20. The van der Waals surface area contributed by atoms with Crippen molar-refractivity contribution in [2.24, 2.45) is 0 Å². The summed E-state index contributed by atoms with van der Waals surface area (Å²) in [4.78, 5) is 10.2. The summed E-state index contributed by atoms with van der Waals surface area (Å²) < 4.78 is 16.1. The van der Waals surface area contributed by atoms with E-state index in [0.29, 0.717) is 13.0 Å². The SMILES string of the molecule is O=CCCCCCOc1ccc(CC2OC=CO2)cc1. The Morgan fingerprint density at radius 2 is 1.80 bits per heavy atom. The van der Waals surface area contributed by atoms with E-state index in [4.69, 9.17) is 14.2 Å². The largest absolute Gasteiger partial charge is 0.494 e. The zero-order chi connectivity index (χ0) is 14.0. The standard InChI is InChI=1S/C16H20O4/c17-9-3-1-2-4-10-18-15-7-5-14(6-8-15)13-16-19-11-12-20-16/h5-9,11-12,16H,1-4,10,13H2. The van der Waals surface area contributed by atoms with Gasteiger partial charge in [-0.05, 0) is 37.0 Å². The van der Waals surface area contributed by atoms with E-state index in [9.17, 15) is 4.79 Å². The van der Waals surface area contributed by atoms with Gasteiger partial charge < -0.3 is 19.0 Å².